The molecule has 1 aliphatic rings. The van der Waals surface area contributed by atoms with Gasteiger partial charge in [-0.3, -0.25) is 9.78 Å². The van der Waals surface area contributed by atoms with Crippen LogP contribution in [0.3, 0.4) is 0 Å². The Morgan fingerprint density at radius 1 is 1.35 bits per heavy atom. The van der Waals surface area contributed by atoms with Gasteiger partial charge in [-0.25, -0.2) is 4.39 Å². The molecular formula is C17H18FN3O2. The van der Waals surface area contributed by atoms with Gasteiger partial charge in [0.25, 0.3) is 5.91 Å². The van der Waals surface area contributed by atoms with Crippen molar-refractivity contribution in [2.24, 2.45) is 5.73 Å². The molecule has 0 aliphatic carbocycles. The molecule has 1 saturated heterocycles. The maximum absolute atomic E-state index is 13.0. The first-order valence-corrected chi connectivity index (χ1v) is 7.48. The number of carbonyl (C=O) groups is 1. The van der Waals surface area contributed by atoms with Gasteiger partial charge in [0.2, 0.25) is 0 Å². The number of benzene rings is 1. The van der Waals surface area contributed by atoms with E-state index in [9.17, 15) is 9.18 Å². The van der Waals surface area contributed by atoms with E-state index in [0.29, 0.717) is 37.5 Å². The van der Waals surface area contributed by atoms with Crippen LogP contribution in [0.5, 0.6) is 0 Å². The number of aromatic nitrogens is 1. The standard InChI is InChI=1S/C17H18FN3O2/c18-14-3-1-12(2-4-14)16-11-21(7-8-23-16)17(22)13-5-6-20-15(9-13)10-19/h1-6,9,16H,7-8,10-11,19H2. The number of carbonyl (C=O) groups excluding carboxylic acids is 1. The van der Waals surface area contributed by atoms with Crippen LogP contribution in [0.25, 0.3) is 0 Å². The second-order valence-electron chi connectivity index (χ2n) is 5.40. The third-order valence-electron chi connectivity index (χ3n) is 3.87. The minimum Gasteiger partial charge on any atom is -0.370 e. The van der Waals surface area contributed by atoms with E-state index in [1.807, 2.05) is 0 Å². The molecule has 1 aliphatic heterocycles. The Morgan fingerprint density at radius 2 is 2.13 bits per heavy atom. The molecule has 0 saturated carbocycles. The van der Waals surface area contributed by atoms with Crippen molar-refractivity contribution in [2.75, 3.05) is 19.7 Å². The van der Waals surface area contributed by atoms with Gasteiger partial charge in [0.05, 0.1) is 18.8 Å². The number of nitrogens with two attached hydrogens (primary N) is 1. The number of rotatable bonds is 3. The fraction of sp³-hybridized carbons (Fsp3) is 0.294. The van der Waals surface area contributed by atoms with Crippen LogP contribution in [0.2, 0.25) is 0 Å². The molecule has 1 aromatic heterocycles. The molecule has 1 unspecified atom stereocenters. The van der Waals surface area contributed by atoms with E-state index in [1.165, 1.54) is 12.1 Å². The molecule has 1 aromatic carbocycles. The number of pyridine rings is 1. The van der Waals surface area contributed by atoms with Gasteiger partial charge in [0.15, 0.2) is 0 Å². The van der Waals surface area contributed by atoms with Crippen molar-refractivity contribution in [1.29, 1.82) is 0 Å². The van der Waals surface area contributed by atoms with Crippen LogP contribution in [0, 0.1) is 5.82 Å². The maximum Gasteiger partial charge on any atom is 0.254 e. The van der Waals surface area contributed by atoms with Gasteiger partial charge in [0.1, 0.15) is 11.9 Å². The Labute approximate surface area is 133 Å². The van der Waals surface area contributed by atoms with E-state index in [0.717, 1.165) is 5.56 Å². The van der Waals surface area contributed by atoms with Gasteiger partial charge in [-0.2, -0.15) is 0 Å². The minimum atomic E-state index is -0.288. The van der Waals surface area contributed by atoms with Gasteiger partial charge in [0, 0.05) is 24.8 Å². The number of hydrogen-bond acceptors (Lipinski definition) is 4. The van der Waals surface area contributed by atoms with Crippen LogP contribution in [-0.2, 0) is 11.3 Å². The molecule has 1 amide bonds. The molecule has 120 valence electrons. The first-order valence-electron chi connectivity index (χ1n) is 7.48. The second-order valence-corrected chi connectivity index (χ2v) is 5.40. The van der Waals surface area contributed by atoms with Crippen LogP contribution in [0.1, 0.15) is 27.7 Å². The maximum atomic E-state index is 13.0. The van der Waals surface area contributed by atoms with Crippen LogP contribution in [0.15, 0.2) is 42.6 Å². The third-order valence-corrected chi connectivity index (χ3v) is 3.87. The zero-order valence-electron chi connectivity index (χ0n) is 12.6. The zero-order valence-corrected chi connectivity index (χ0v) is 12.6. The van der Waals surface area contributed by atoms with Crippen LogP contribution in [0.4, 0.5) is 4.39 Å². The number of morpholine rings is 1. The van der Waals surface area contributed by atoms with Gasteiger partial charge in [-0.05, 0) is 29.8 Å². The molecule has 6 heteroatoms. The summed E-state index contributed by atoms with van der Waals surface area (Å²) in [6.07, 6.45) is 1.34. The number of ether oxygens (including phenoxy) is 1. The lowest BCUT2D eigenvalue weighted by atomic mass is 10.1. The number of nitrogens with zero attached hydrogens (tertiary/aromatic N) is 2. The zero-order chi connectivity index (χ0) is 16.2. The van der Waals surface area contributed by atoms with Gasteiger partial charge >= 0.3 is 0 Å². The van der Waals surface area contributed by atoms with E-state index in [2.05, 4.69) is 4.98 Å². The van der Waals surface area contributed by atoms with E-state index >= 15 is 0 Å². The fourth-order valence-corrected chi connectivity index (χ4v) is 2.62. The van der Waals surface area contributed by atoms with Crippen molar-refractivity contribution in [3.63, 3.8) is 0 Å². The molecule has 23 heavy (non-hydrogen) atoms. The second kappa shape index (κ2) is 6.85. The van der Waals surface area contributed by atoms with E-state index in [1.54, 1.807) is 35.4 Å². The summed E-state index contributed by atoms with van der Waals surface area (Å²) in [5, 5.41) is 0. The smallest absolute Gasteiger partial charge is 0.254 e. The minimum absolute atomic E-state index is 0.0717. The largest absolute Gasteiger partial charge is 0.370 e. The molecule has 5 nitrogen and oxygen atoms in total. The summed E-state index contributed by atoms with van der Waals surface area (Å²) in [6, 6.07) is 9.57. The van der Waals surface area contributed by atoms with Crippen LogP contribution in [-0.4, -0.2) is 35.5 Å². The van der Waals surface area contributed by atoms with Crippen LogP contribution < -0.4 is 5.73 Å². The molecule has 1 atom stereocenters. The van der Waals surface area contributed by atoms with E-state index in [4.69, 9.17) is 10.5 Å². The molecule has 2 aromatic rings. The van der Waals surface area contributed by atoms with Crippen molar-refractivity contribution in [1.82, 2.24) is 9.88 Å². The summed E-state index contributed by atoms with van der Waals surface area (Å²) in [4.78, 5) is 18.5. The summed E-state index contributed by atoms with van der Waals surface area (Å²) >= 11 is 0. The molecule has 2 N–H and O–H groups in total. The third kappa shape index (κ3) is 3.55. The highest BCUT2D eigenvalue weighted by Crippen LogP contribution is 2.23. The SMILES string of the molecule is NCc1cc(C(=O)N2CCOC(c3ccc(F)cc3)C2)ccn1. The number of amides is 1. The van der Waals surface area contributed by atoms with Crippen LogP contribution >= 0.6 is 0 Å². The highest BCUT2D eigenvalue weighted by Gasteiger charge is 2.26. The first-order chi connectivity index (χ1) is 11.2. The van der Waals surface area contributed by atoms with Gasteiger partial charge in [-0.1, -0.05) is 12.1 Å². The molecule has 3 rings (SSSR count). The van der Waals surface area contributed by atoms with Crippen molar-refractivity contribution >= 4 is 5.91 Å². The highest BCUT2D eigenvalue weighted by molar-refractivity contribution is 5.94. The molecule has 1 fully saturated rings. The lowest BCUT2D eigenvalue weighted by Crippen LogP contribution is -2.42. The molecule has 2 heterocycles. The predicted octanol–water partition coefficient (Wildman–Crippen LogP) is 1.89. The van der Waals surface area contributed by atoms with Crippen molar-refractivity contribution in [3.05, 3.63) is 65.2 Å². The highest BCUT2D eigenvalue weighted by atomic mass is 19.1. The van der Waals surface area contributed by atoms with Crippen molar-refractivity contribution < 1.29 is 13.9 Å². The predicted molar refractivity (Wildman–Crippen MR) is 83.1 cm³/mol. The quantitative estimate of drug-likeness (QED) is 0.939. The molecular weight excluding hydrogens is 297 g/mol. The number of halogens is 1. The Balaban J connectivity index is 1.75. The fourth-order valence-electron chi connectivity index (χ4n) is 2.62. The van der Waals surface area contributed by atoms with E-state index < -0.39 is 0 Å². The topological polar surface area (TPSA) is 68.5 Å². The normalized spacial score (nSPS) is 18.0. The average molecular weight is 315 g/mol. The summed E-state index contributed by atoms with van der Waals surface area (Å²) in [5.41, 5.74) is 7.68. The number of hydrogen-bond donors (Lipinski definition) is 1. The lowest BCUT2D eigenvalue weighted by Gasteiger charge is -2.33. The van der Waals surface area contributed by atoms with Gasteiger partial charge < -0.3 is 15.4 Å². The Morgan fingerprint density at radius 3 is 2.87 bits per heavy atom. The summed E-state index contributed by atoms with van der Waals surface area (Å²) < 4.78 is 18.7. The Bertz CT molecular complexity index is 690. The summed E-state index contributed by atoms with van der Waals surface area (Å²) in [7, 11) is 0. The van der Waals surface area contributed by atoms with Gasteiger partial charge in [-0.15, -0.1) is 0 Å². The van der Waals surface area contributed by atoms with Crippen molar-refractivity contribution in [3.8, 4) is 0 Å². The Hall–Kier alpha value is -2.31. The Kier molecular flexibility index (Phi) is 4.64. The first kappa shape index (κ1) is 15.6. The van der Waals surface area contributed by atoms with E-state index in [-0.39, 0.29) is 17.8 Å². The lowest BCUT2D eigenvalue weighted by molar-refractivity contribution is -0.0228. The average Bonchev–Trinajstić information content (AvgIpc) is 2.62. The molecule has 0 radical (unpaired) electrons. The summed E-state index contributed by atoms with van der Waals surface area (Å²) in [6.45, 7) is 1.70. The molecule has 0 bridgehead atoms. The monoisotopic (exact) mass is 315 g/mol. The molecule has 0 spiro atoms. The summed E-state index contributed by atoms with van der Waals surface area (Å²) in [5.74, 6) is -0.360. The van der Waals surface area contributed by atoms with Crippen molar-refractivity contribution in [2.45, 2.75) is 12.6 Å².